The Kier molecular flexibility index (Phi) is 2.36. The topological polar surface area (TPSA) is 0 Å². The average Bonchev–Trinajstić information content (AvgIpc) is 2.17. The molecule has 2 rings (SSSR count). The molecular formula is C12H11Br. The normalized spacial score (nSPS) is 13.1. The van der Waals surface area contributed by atoms with Gasteiger partial charge in [-0.05, 0) is 23.3 Å². The highest BCUT2D eigenvalue weighted by Crippen LogP contribution is 2.25. The number of halogens is 1. The molecule has 0 saturated heterocycles. The van der Waals surface area contributed by atoms with Crippen molar-refractivity contribution in [1.82, 2.24) is 0 Å². The van der Waals surface area contributed by atoms with E-state index in [2.05, 4.69) is 65.3 Å². The molecular weight excluding hydrogens is 224 g/mol. The molecule has 0 aliphatic rings. The fourth-order valence-electron chi connectivity index (χ4n) is 1.46. The van der Waals surface area contributed by atoms with Gasteiger partial charge in [0.1, 0.15) is 0 Å². The molecule has 66 valence electrons. The second-order valence-corrected chi connectivity index (χ2v) is 4.60. The van der Waals surface area contributed by atoms with Crippen molar-refractivity contribution in [2.75, 3.05) is 0 Å². The third kappa shape index (κ3) is 1.75. The predicted molar refractivity (Wildman–Crippen MR) is 61.3 cm³/mol. The Morgan fingerprint density at radius 1 is 1.00 bits per heavy atom. The summed E-state index contributed by atoms with van der Waals surface area (Å²) < 4.78 is 0. The van der Waals surface area contributed by atoms with Crippen molar-refractivity contribution in [2.24, 2.45) is 0 Å². The maximum Gasteiger partial charge on any atom is 0.0367 e. The van der Waals surface area contributed by atoms with Gasteiger partial charge >= 0.3 is 0 Å². The second kappa shape index (κ2) is 3.51. The summed E-state index contributed by atoms with van der Waals surface area (Å²) >= 11 is 3.57. The maximum absolute atomic E-state index is 3.57. The number of rotatable bonds is 1. The van der Waals surface area contributed by atoms with Gasteiger partial charge in [0.15, 0.2) is 0 Å². The van der Waals surface area contributed by atoms with Crippen LogP contribution in [0.5, 0.6) is 0 Å². The number of benzene rings is 2. The molecule has 2 aromatic rings. The van der Waals surface area contributed by atoms with Crippen LogP contribution in [-0.4, -0.2) is 0 Å². The lowest BCUT2D eigenvalue weighted by Gasteiger charge is -2.04. The summed E-state index contributed by atoms with van der Waals surface area (Å²) in [7, 11) is 0. The molecule has 0 aliphatic heterocycles. The lowest BCUT2D eigenvalue weighted by molar-refractivity contribution is 1.13. The number of alkyl halides is 1. The summed E-state index contributed by atoms with van der Waals surface area (Å²) in [6, 6.07) is 15.0. The highest BCUT2D eigenvalue weighted by Gasteiger charge is 2.00. The van der Waals surface area contributed by atoms with E-state index in [-0.39, 0.29) is 0 Å². The largest absolute Gasteiger partial charge is 0.0842 e. The molecule has 0 aromatic heterocycles. The van der Waals surface area contributed by atoms with Gasteiger partial charge < -0.3 is 0 Å². The van der Waals surface area contributed by atoms with E-state index in [0.717, 1.165) is 0 Å². The molecule has 0 N–H and O–H groups in total. The van der Waals surface area contributed by atoms with E-state index in [9.17, 15) is 0 Å². The smallest absolute Gasteiger partial charge is 0.0367 e. The zero-order valence-corrected chi connectivity index (χ0v) is 9.08. The molecule has 0 nitrogen and oxygen atoms in total. The zero-order chi connectivity index (χ0) is 9.26. The first-order valence-corrected chi connectivity index (χ1v) is 5.32. The summed E-state index contributed by atoms with van der Waals surface area (Å²) in [5.41, 5.74) is 1.33. The van der Waals surface area contributed by atoms with Crippen LogP contribution >= 0.6 is 15.9 Å². The predicted octanol–water partition coefficient (Wildman–Crippen LogP) is 4.30. The van der Waals surface area contributed by atoms with Crippen LogP contribution in [0.4, 0.5) is 0 Å². The Morgan fingerprint density at radius 3 is 2.38 bits per heavy atom. The van der Waals surface area contributed by atoms with Crippen molar-refractivity contribution in [3.8, 4) is 0 Å². The molecule has 0 spiro atoms. The van der Waals surface area contributed by atoms with E-state index in [1.54, 1.807) is 0 Å². The van der Waals surface area contributed by atoms with Crippen molar-refractivity contribution in [2.45, 2.75) is 11.8 Å². The van der Waals surface area contributed by atoms with Crippen LogP contribution in [0.25, 0.3) is 10.8 Å². The molecule has 0 amide bonds. The van der Waals surface area contributed by atoms with Crippen LogP contribution in [-0.2, 0) is 0 Å². The van der Waals surface area contributed by atoms with Crippen molar-refractivity contribution in [3.63, 3.8) is 0 Å². The lowest BCUT2D eigenvalue weighted by Crippen LogP contribution is -1.82. The fraction of sp³-hybridized carbons (Fsp3) is 0.167. The summed E-state index contributed by atoms with van der Waals surface area (Å²) in [5.74, 6) is 0. The summed E-state index contributed by atoms with van der Waals surface area (Å²) in [4.78, 5) is 0.428. The molecule has 0 aliphatic carbocycles. The van der Waals surface area contributed by atoms with Crippen molar-refractivity contribution >= 4 is 26.7 Å². The Morgan fingerprint density at radius 2 is 1.69 bits per heavy atom. The minimum Gasteiger partial charge on any atom is -0.0842 e. The van der Waals surface area contributed by atoms with Crippen LogP contribution in [0.3, 0.4) is 0 Å². The van der Waals surface area contributed by atoms with E-state index in [4.69, 9.17) is 0 Å². The Labute approximate surface area is 86.7 Å². The number of hydrogen-bond acceptors (Lipinski definition) is 0. The molecule has 0 unspecified atom stereocenters. The molecule has 13 heavy (non-hydrogen) atoms. The molecule has 2 aromatic carbocycles. The minimum atomic E-state index is 0.428. The third-order valence-corrected chi connectivity index (χ3v) is 2.76. The van der Waals surface area contributed by atoms with Crippen LogP contribution in [0.2, 0.25) is 0 Å². The van der Waals surface area contributed by atoms with E-state index in [1.807, 2.05) is 0 Å². The van der Waals surface area contributed by atoms with Crippen molar-refractivity contribution < 1.29 is 0 Å². The molecule has 0 fully saturated rings. The third-order valence-electron chi connectivity index (χ3n) is 2.23. The molecule has 0 heterocycles. The van der Waals surface area contributed by atoms with Gasteiger partial charge in [0.25, 0.3) is 0 Å². The van der Waals surface area contributed by atoms with Gasteiger partial charge in [0, 0.05) is 4.83 Å². The Bertz CT molecular complexity index is 418. The van der Waals surface area contributed by atoms with E-state index in [1.165, 1.54) is 16.3 Å². The molecule has 1 atom stereocenters. The molecule has 0 radical (unpaired) electrons. The Balaban J connectivity index is 2.62. The van der Waals surface area contributed by atoms with Gasteiger partial charge in [0.05, 0.1) is 0 Å². The zero-order valence-electron chi connectivity index (χ0n) is 7.50. The lowest BCUT2D eigenvalue weighted by atomic mass is 10.1. The van der Waals surface area contributed by atoms with E-state index >= 15 is 0 Å². The number of fused-ring (bicyclic) bond motifs is 1. The van der Waals surface area contributed by atoms with Gasteiger partial charge in [-0.1, -0.05) is 58.4 Å². The van der Waals surface area contributed by atoms with Crippen molar-refractivity contribution in [1.29, 1.82) is 0 Å². The first-order chi connectivity index (χ1) is 6.27. The average molecular weight is 235 g/mol. The second-order valence-electron chi connectivity index (χ2n) is 3.22. The minimum absolute atomic E-state index is 0.428. The summed E-state index contributed by atoms with van der Waals surface area (Å²) in [5, 5.41) is 2.62. The first-order valence-electron chi connectivity index (χ1n) is 4.40. The van der Waals surface area contributed by atoms with Gasteiger partial charge in [-0.25, -0.2) is 0 Å². The van der Waals surface area contributed by atoms with E-state index < -0.39 is 0 Å². The van der Waals surface area contributed by atoms with Crippen LogP contribution in [0.15, 0.2) is 42.5 Å². The molecule has 0 saturated carbocycles. The van der Waals surface area contributed by atoms with Gasteiger partial charge in [-0.3, -0.25) is 0 Å². The Hall–Kier alpha value is -0.820. The first kappa shape index (κ1) is 8.76. The van der Waals surface area contributed by atoms with Gasteiger partial charge in [-0.15, -0.1) is 0 Å². The summed E-state index contributed by atoms with van der Waals surface area (Å²) in [6.07, 6.45) is 0. The van der Waals surface area contributed by atoms with Crippen LogP contribution in [0.1, 0.15) is 17.3 Å². The van der Waals surface area contributed by atoms with Crippen LogP contribution < -0.4 is 0 Å². The summed E-state index contributed by atoms with van der Waals surface area (Å²) in [6.45, 7) is 2.14. The van der Waals surface area contributed by atoms with Gasteiger partial charge in [0.2, 0.25) is 0 Å². The monoisotopic (exact) mass is 234 g/mol. The molecule has 0 bridgehead atoms. The maximum atomic E-state index is 3.57. The quantitative estimate of drug-likeness (QED) is 0.646. The fourth-order valence-corrected chi connectivity index (χ4v) is 1.74. The SMILES string of the molecule is C[C@H](Br)c1ccc2ccccc2c1. The standard InChI is InChI=1S/C12H11Br/c1-9(13)11-7-6-10-4-2-3-5-12(10)8-11/h2-9H,1H3/t9-/m0/s1. The number of hydrogen-bond donors (Lipinski definition) is 0. The van der Waals surface area contributed by atoms with E-state index in [0.29, 0.717) is 4.83 Å². The van der Waals surface area contributed by atoms with Crippen molar-refractivity contribution in [3.05, 3.63) is 48.0 Å². The van der Waals surface area contributed by atoms with Gasteiger partial charge in [-0.2, -0.15) is 0 Å². The highest BCUT2D eigenvalue weighted by molar-refractivity contribution is 9.09. The molecule has 1 heteroatoms. The highest BCUT2D eigenvalue weighted by atomic mass is 79.9. The van der Waals surface area contributed by atoms with Crippen LogP contribution in [0, 0.1) is 0 Å².